The largest absolute Gasteiger partial charge is 0.490 e. The summed E-state index contributed by atoms with van der Waals surface area (Å²) in [5, 5.41) is 5.55. The number of fused-ring (bicyclic) bond motifs is 2. The van der Waals surface area contributed by atoms with Gasteiger partial charge in [0.05, 0.1) is 36.9 Å². The first-order valence-corrected chi connectivity index (χ1v) is 11.5. The fourth-order valence-electron chi connectivity index (χ4n) is 4.29. The Bertz CT molecular complexity index is 1070. The minimum absolute atomic E-state index is 0.0944. The summed E-state index contributed by atoms with van der Waals surface area (Å²) in [4.78, 5) is 47.5. The lowest BCUT2D eigenvalue weighted by molar-refractivity contribution is -0.134. The number of carbonyl (C=O) groups excluding carboxylic acids is 3. The molecule has 1 fully saturated rings. The molecule has 3 atom stereocenters. The molecule has 3 heterocycles. The molecular formula is C24H29N5O6. The van der Waals surface area contributed by atoms with Crippen molar-refractivity contribution in [2.75, 3.05) is 39.2 Å². The lowest BCUT2D eigenvalue weighted by atomic mass is 9.94. The minimum atomic E-state index is -0.427. The van der Waals surface area contributed by atoms with Crippen LogP contribution in [0.2, 0.25) is 0 Å². The molecule has 1 aromatic carbocycles. The maximum Gasteiger partial charge on any atom is 0.275 e. The van der Waals surface area contributed by atoms with Gasteiger partial charge in [-0.25, -0.2) is 4.98 Å². The Kier molecular flexibility index (Phi) is 7.88. The summed E-state index contributed by atoms with van der Waals surface area (Å²) >= 11 is 0. The molecule has 2 N–H and O–H groups in total. The molecule has 11 nitrogen and oxygen atoms in total. The number of hydrogen-bond acceptors (Lipinski definition) is 8. The molecule has 0 radical (unpaired) electrons. The fraction of sp³-hybridized carbons (Fsp3) is 0.458. The van der Waals surface area contributed by atoms with Crippen molar-refractivity contribution in [3.05, 3.63) is 48.0 Å². The number of anilines is 1. The molecule has 0 saturated carbocycles. The van der Waals surface area contributed by atoms with Crippen LogP contribution in [0.15, 0.2) is 36.8 Å². The molecule has 1 saturated heterocycles. The van der Waals surface area contributed by atoms with Crippen LogP contribution in [0, 0.1) is 0 Å². The van der Waals surface area contributed by atoms with Crippen LogP contribution in [0.3, 0.4) is 0 Å². The molecular weight excluding hydrogens is 454 g/mol. The first-order valence-electron chi connectivity index (χ1n) is 11.5. The second-order valence-corrected chi connectivity index (χ2v) is 8.47. The Morgan fingerprint density at radius 2 is 2.11 bits per heavy atom. The SMILES string of the molecule is COCCNC(=O)C[C@H]1CC[C@H]2[C@@H](COc3ccc(NC(=O)c4cnccn4)cc3C(=O)N2C)O1. The van der Waals surface area contributed by atoms with Gasteiger partial charge >= 0.3 is 0 Å². The highest BCUT2D eigenvalue weighted by molar-refractivity contribution is 6.04. The van der Waals surface area contributed by atoms with E-state index in [-0.39, 0.29) is 48.8 Å². The number of amides is 3. The van der Waals surface area contributed by atoms with E-state index in [2.05, 4.69) is 20.6 Å². The normalized spacial score (nSPS) is 21.6. The van der Waals surface area contributed by atoms with E-state index in [4.69, 9.17) is 14.2 Å². The number of carbonyl (C=O) groups is 3. The van der Waals surface area contributed by atoms with E-state index in [1.165, 1.54) is 18.6 Å². The van der Waals surface area contributed by atoms with E-state index in [0.29, 0.717) is 43.0 Å². The zero-order valence-electron chi connectivity index (χ0n) is 19.7. The Hall–Kier alpha value is -3.57. The van der Waals surface area contributed by atoms with Crippen LogP contribution in [-0.2, 0) is 14.3 Å². The van der Waals surface area contributed by atoms with Gasteiger partial charge in [0.2, 0.25) is 5.91 Å². The molecule has 1 aromatic heterocycles. The zero-order chi connectivity index (χ0) is 24.8. The Labute approximate surface area is 203 Å². The van der Waals surface area contributed by atoms with Crippen molar-refractivity contribution in [3.8, 4) is 5.75 Å². The summed E-state index contributed by atoms with van der Waals surface area (Å²) < 4.78 is 17.1. The van der Waals surface area contributed by atoms with E-state index < -0.39 is 5.91 Å². The highest BCUT2D eigenvalue weighted by Gasteiger charge is 2.39. The molecule has 0 spiro atoms. The maximum absolute atomic E-state index is 13.3. The Morgan fingerprint density at radius 3 is 2.89 bits per heavy atom. The van der Waals surface area contributed by atoms with Crippen molar-refractivity contribution >= 4 is 23.4 Å². The number of likely N-dealkylation sites (N-methyl/N-ethyl adjacent to an activating group) is 1. The summed E-state index contributed by atoms with van der Waals surface area (Å²) in [6.45, 7) is 1.14. The van der Waals surface area contributed by atoms with Crippen LogP contribution >= 0.6 is 0 Å². The monoisotopic (exact) mass is 483 g/mol. The summed E-state index contributed by atoms with van der Waals surface area (Å²) in [5.74, 6) is -0.350. The lowest BCUT2D eigenvalue weighted by Crippen LogP contribution is -2.54. The van der Waals surface area contributed by atoms with Crippen LogP contribution < -0.4 is 15.4 Å². The third-order valence-electron chi connectivity index (χ3n) is 6.11. The van der Waals surface area contributed by atoms with Crippen molar-refractivity contribution in [2.24, 2.45) is 0 Å². The predicted octanol–water partition coefficient (Wildman–Crippen LogP) is 1.26. The van der Waals surface area contributed by atoms with Gasteiger partial charge in [0, 0.05) is 38.8 Å². The predicted molar refractivity (Wildman–Crippen MR) is 125 cm³/mol. The lowest BCUT2D eigenvalue weighted by Gasteiger charge is -2.42. The molecule has 0 unspecified atom stereocenters. The molecule has 4 rings (SSSR count). The number of nitrogens with zero attached hydrogens (tertiary/aromatic N) is 3. The number of hydrogen-bond donors (Lipinski definition) is 2. The molecule has 35 heavy (non-hydrogen) atoms. The molecule has 11 heteroatoms. The van der Waals surface area contributed by atoms with Crippen molar-refractivity contribution in [3.63, 3.8) is 0 Å². The van der Waals surface area contributed by atoms with Gasteiger partial charge in [-0.05, 0) is 31.0 Å². The van der Waals surface area contributed by atoms with E-state index in [1.54, 1.807) is 37.3 Å². The first kappa shape index (κ1) is 24.6. The van der Waals surface area contributed by atoms with Gasteiger partial charge in [0.1, 0.15) is 24.2 Å². The quantitative estimate of drug-likeness (QED) is 0.563. The van der Waals surface area contributed by atoms with Gasteiger partial charge in [-0.3, -0.25) is 19.4 Å². The number of methoxy groups -OCH3 is 1. The maximum atomic E-state index is 13.3. The first-order chi connectivity index (χ1) is 17.0. The Balaban J connectivity index is 1.43. The highest BCUT2D eigenvalue weighted by Crippen LogP contribution is 2.32. The topological polar surface area (TPSA) is 132 Å². The highest BCUT2D eigenvalue weighted by atomic mass is 16.5. The number of nitrogens with one attached hydrogen (secondary N) is 2. The summed E-state index contributed by atoms with van der Waals surface area (Å²) in [6.07, 6.45) is 5.25. The van der Waals surface area contributed by atoms with Gasteiger partial charge in [-0.1, -0.05) is 0 Å². The molecule has 3 amide bonds. The Morgan fingerprint density at radius 1 is 1.26 bits per heavy atom. The fourth-order valence-corrected chi connectivity index (χ4v) is 4.29. The third kappa shape index (κ3) is 5.92. The van der Waals surface area contributed by atoms with Gasteiger partial charge in [-0.2, -0.15) is 0 Å². The van der Waals surface area contributed by atoms with Crippen LogP contribution in [0.5, 0.6) is 5.75 Å². The van der Waals surface area contributed by atoms with Crippen LogP contribution in [0.4, 0.5) is 5.69 Å². The van der Waals surface area contributed by atoms with E-state index >= 15 is 0 Å². The number of aromatic nitrogens is 2. The van der Waals surface area contributed by atoms with E-state index in [1.807, 2.05) is 0 Å². The van der Waals surface area contributed by atoms with Crippen LogP contribution in [0.25, 0.3) is 0 Å². The molecule has 0 bridgehead atoms. The second kappa shape index (κ2) is 11.2. The molecule has 0 aliphatic carbocycles. The minimum Gasteiger partial charge on any atom is -0.490 e. The van der Waals surface area contributed by atoms with Crippen molar-refractivity contribution in [1.29, 1.82) is 0 Å². The summed E-state index contributed by atoms with van der Waals surface area (Å²) in [7, 11) is 3.32. The van der Waals surface area contributed by atoms with Crippen molar-refractivity contribution in [2.45, 2.75) is 37.5 Å². The van der Waals surface area contributed by atoms with Crippen LogP contribution in [-0.4, -0.2) is 84.8 Å². The average Bonchev–Trinajstić information content (AvgIpc) is 2.87. The molecule has 186 valence electrons. The number of ether oxygens (including phenoxy) is 3. The summed E-state index contributed by atoms with van der Waals surface area (Å²) in [6, 6.07) is 4.71. The zero-order valence-corrected chi connectivity index (χ0v) is 19.7. The van der Waals surface area contributed by atoms with Crippen molar-refractivity contribution < 1.29 is 28.6 Å². The average molecular weight is 484 g/mol. The van der Waals surface area contributed by atoms with E-state index in [0.717, 1.165) is 0 Å². The summed E-state index contributed by atoms with van der Waals surface area (Å²) in [5.41, 5.74) is 0.965. The smallest absolute Gasteiger partial charge is 0.275 e. The van der Waals surface area contributed by atoms with Gasteiger partial charge < -0.3 is 29.7 Å². The molecule has 2 aromatic rings. The van der Waals surface area contributed by atoms with Gasteiger partial charge in [0.25, 0.3) is 11.8 Å². The third-order valence-corrected chi connectivity index (χ3v) is 6.11. The van der Waals surface area contributed by atoms with Gasteiger partial charge in [0.15, 0.2) is 0 Å². The number of rotatable bonds is 7. The standard InChI is InChI=1S/C24H29N5O6/c1-29-19-5-4-16(12-22(30)27-9-10-33-2)35-21(19)14-34-20-6-3-15(11-17(20)24(29)32)28-23(31)18-13-25-7-8-26-18/h3,6-8,11,13,16,19,21H,4-5,9-10,12,14H2,1-2H3,(H,27,30)(H,28,31)/t16-,19+,21-/m1/s1. The molecule has 2 aliphatic rings. The second-order valence-electron chi connectivity index (χ2n) is 8.47. The number of benzene rings is 1. The van der Waals surface area contributed by atoms with Crippen LogP contribution in [0.1, 0.15) is 40.1 Å². The molecule has 2 aliphatic heterocycles. The van der Waals surface area contributed by atoms with Gasteiger partial charge in [-0.15, -0.1) is 0 Å². The van der Waals surface area contributed by atoms with Crippen molar-refractivity contribution in [1.82, 2.24) is 20.2 Å². The van der Waals surface area contributed by atoms with E-state index in [9.17, 15) is 14.4 Å².